The predicted octanol–water partition coefficient (Wildman–Crippen LogP) is 4.26. The fourth-order valence-electron chi connectivity index (χ4n) is 1.65. The van der Waals surface area contributed by atoms with Gasteiger partial charge < -0.3 is 5.32 Å². The van der Waals surface area contributed by atoms with Crippen molar-refractivity contribution in [3.63, 3.8) is 0 Å². The summed E-state index contributed by atoms with van der Waals surface area (Å²) < 4.78 is 0. The van der Waals surface area contributed by atoms with Gasteiger partial charge in [0.2, 0.25) is 11.1 Å². The van der Waals surface area contributed by atoms with E-state index in [1.54, 1.807) is 23.1 Å². The average molecular weight is 338 g/mol. The van der Waals surface area contributed by atoms with E-state index in [2.05, 4.69) is 30.9 Å². The first-order valence-corrected chi connectivity index (χ1v) is 8.42. The Balaban J connectivity index is 1.59. The summed E-state index contributed by atoms with van der Waals surface area (Å²) in [5.74, 6) is 1.37. The fourth-order valence-corrected chi connectivity index (χ4v) is 3.18. The summed E-state index contributed by atoms with van der Waals surface area (Å²) in [5, 5.41) is 14.7. The quantitative estimate of drug-likeness (QED) is 0.681. The molecule has 1 aromatic carbocycles. The third-order valence-electron chi connectivity index (χ3n) is 2.59. The number of hydrogen-bond donors (Lipinski definition) is 2. The van der Waals surface area contributed by atoms with E-state index in [1.807, 2.05) is 31.2 Å². The Morgan fingerprint density at radius 2 is 2.10 bits per heavy atom. The fraction of sp³-hybridized carbons (Fsp3) is 0.154. The molecule has 0 amide bonds. The standard InChI is InChI=1S/C13H12ClN5S2/c1-8-15-11(6-20-8)7-21-13-17-12(18-19-13)16-10-4-2-9(14)3-5-10/h2-6H,7H2,1H3,(H2,16,17,18,19). The molecule has 21 heavy (non-hydrogen) atoms. The maximum atomic E-state index is 5.85. The van der Waals surface area contributed by atoms with Crippen LogP contribution >= 0.6 is 34.7 Å². The monoisotopic (exact) mass is 337 g/mol. The van der Waals surface area contributed by atoms with Crippen molar-refractivity contribution < 1.29 is 0 Å². The molecule has 2 N–H and O–H groups in total. The molecule has 8 heteroatoms. The zero-order valence-electron chi connectivity index (χ0n) is 11.1. The van der Waals surface area contributed by atoms with Crippen LogP contribution in [-0.2, 0) is 5.75 Å². The average Bonchev–Trinajstić information content (AvgIpc) is 3.08. The number of thiazole rings is 1. The van der Waals surface area contributed by atoms with Crippen LogP contribution in [0, 0.1) is 6.92 Å². The van der Waals surface area contributed by atoms with Crippen LogP contribution in [0.5, 0.6) is 0 Å². The number of benzene rings is 1. The minimum atomic E-state index is 0.606. The van der Waals surface area contributed by atoms with Gasteiger partial charge in [0.05, 0.1) is 10.7 Å². The molecule has 108 valence electrons. The van der Waals surface area contributed by atoms with Gasteiger partial charge in [-0.15, -0.1) is 16.4 Å². The zero-order chi connectivity index (χ0) is 14.7. The molecule has 0 aliphatic heterocycles. The number of halogens is 1. The van der Waals surface area contributed by atoms with Gasteiger partial charge in [-0.3, -0.25) is 0 Å². The molecule has 3 rings (SSSR count). The number of aromatic nitrogens is 4. The highest BCUT2D eigenvalue weighted by Gasteiger charge is 2.06. The molecule has 5 nitrogen and oxygen atoms in total. The van der Waals surface area contributed by atoms with Crippen LogP contribution < -0.4 is 5.32 Å². The second kappa shape index (κ2) is 6.46. The van der Waals surface area contributed by atoms with Crippen molar-refractivity contribution in [2.45, 2.75) is 17.8 Å². The van der Waals surface area contributed by atoms with Crippen molar-refractivity contribution in [1.82, 2.24) is 20.2 Å². The smallest absolute Gasteiger partial charge is 0.223 e. The lowest BCUT2D eigenvalue weighted by Gasteiger charge is -2.01. The summed E-state index contributed by atoms with van der Waals surface area (Å²) in [6, 6.07) is 7.41. The first kappa shape index (κ1) is 14.4. The lowest BCUT2D eigenvalue weighted by Crippen LogP contribution is -1.91. The SMILES string of the molecule is Cc1nc(CSc2n[nH]c(Nc3ccc(Cl)cc3)n2)cs1. The molecule has 0 aliphatic rings. The Kier molecular flexibility index (Phi) is 4.42. The number of H-pyrrole nitrogens is 1. The number of hydrogen-bond acceptors (Lipinski definition) is 6. The predicted molar refractivity (Wildman–Crippen MR) is 87.5 cm³/mol. The highest BCUT2D eigenvalue weighted by molar-refractivity contribution is 7.98. The van der Waals surface area contributed by atoms with Gasteiger partial charge in [-0.1, -0.05) is 23.4 Å². The van der Waals surface area contributed by atoms with E-state index < -0.39 is 0 Å². The van der Waals surface area contributed by atoms with Crippen LogP contribution in [0.25, 0.3) is 0 Å². The molecule has 3 aromatic rings. The Morgan fingerprint density at radius 1 is 1.29 bits per heavy atom. The molecule has 2 aromatic heterocycles. The van der Waals surface area contributed by atoms with Gasteiger partial charge in [-0.25, -0.2) is 10.1 Å². The number of anilines is 2. The van der Waals surface area contributed by atoms with Gasteiger partial charge in [-0.2, -0.15) is 4.98 Å². The van der Waals surface area contributed by atoms with E-state index in [9.17, 15) is 0 Å². The lowest BCUT2D eigenvalue weighted by atomic mass is 10.3. The second-order valence-corrected chi connectivity index (χ2v) is 6.69. The third-order valence-corrected chi connectivity index (χ3v) is 4.54. The molecule has 0 saturated heterocycles. The van der Waals surface area contributed by atoms with E-state index in [4.69, 9.17) is 11.6 Å². The normalized spacial score (nSPS) is 10.8. The van der Waals surface area contributed by atoms with E-state index >= 15 is 0 Å². The maximum absolute atomic E-state index is 5.85. The Bertz CT molecular complexity index is 722. The largest absolute Gasteiger partial charge is 0.325 e. The highest BCUT2D eigenvalue weighted by Crippen LogP contribution is 2.22. The van der Waals surface area contributed by atoms with Crippen molar-refractivity contribution in [3.05, 3.63) is 45.4 Å². The molecule has 0 bridgehead atoms. The molecule has 0 unspecified atom stereocenters. The van der Waals surface area contributed by atoms with Crippen molar-refractivity contribution >= 4 is 46.3 Å². The molecule has 0 radical (unpaired) electrons. The molecular weight excluding hydrogens is 326 g/mol. The van der Waals surface area contributed by atoms with Gasteiger partial charge >= 0.3 is 0 Å². The Morgan fingerprint density at radius 3 is 2.81 bits per heavy atom. The van der Waals surface area contributed by atoms with E-state index in [-0.39, 0.29) is 0 Å². The van der Waals surface area contributed by atoms with Crippen LogP contribution in [0.3, 0.4) is 0 Å². The summed E-state index contributed by atoms with van der Waals surface area (Å²) in [6.07, 6.45) is 0. The van der Waals surface area contributed by atoms with Gasteiger partial charge in [0.1, 0.15) is 0 Å². The van der Waals surface area contributed by atoms with E-state index in [0.717, 1.165) is 22.1 Å². The number of nitrogens with one attached hydrogen (secondary N) is 2. The third kappa shape index (κ3) is 3.96. The van der Waals surface area contributed by atoms with E-state index in [1.165, 1.54) is 0 Å². The highest BCUT2D eigenvalue weighted by atomic mass is 35.5. The van der Waals surface area contributed by atoms with Crippen molar-refractivity contribution in [3.8, 4) is 0 Å². The minimum absolute atomic E-state index is 0.606. The summed E-state index contributed by atoms with van der Waals surface area (Å²) >= 11 is 9.05. The molecule has 0 spiro atoms. The molecule has 0 aliphatic carbocycles. The molecule has 0 saturated carbocycles. The number of aryl methyl sites for hydroxylation is 1. The number of aromatic amines is 1. The first-order chi connectivity index (χ1) is 10.2. The maximum Gasteiger partial charge on any atom is 0.223 e. The van der Waals surface area contributed by atoms with Crippen LogP contribution in [0.4, 0.5) is 11.6 Å². The summed E-state index contributed by atoms with van der Waals surface area (Å²) in [4.78, 5) is 8.79. The summed E-state index contributed by atoms with van der Waals surface area (Å²) in [6.45, 7) is 2.00. The topological polar surface area (TPSA) is 66.5 Å². The van der Waals surface area contributed by atoms with Crippen LogP contribution in [-0.4, -0.2) is 20.2 Å². The second-order valence-electron chi connectivity index (χ2n) is 4.25. The lowest BCUT2D eigenvalue weighted by molar-refractivity contribution is 0.972. The van der Waals surface area contributed by atoms with Gasteiger partial charge in [0, 0.05) is 21.8 Å². The van der Waals surface area contributed by atoms with Gasteiger partial charge in [0.25, 0.3) is 0 Å². The first-order valence-electron chi connectivity index (χ1n) is 6.18. The minimum Gasteiger partial charge on any atom is -0.325 e. The van der Waals surface area contributed by atoms with Gasteiger partial charge in [-0.05, 0) is 31.2 Å². The van der Waals surface area contributed by atoms with Crippen molar-refractivity contribution in [2.24, 2.45) is 0 Å². The Hall–Kier alpha value is -1.57. The van der Waals surface area contributed by atoms with Gasteiger partial charge in [0.15, 0.2) is 0 Å². The zero-order valence-corrected chi connectivity index (χ0v) is 13.5. The van der Waals surface area contributed by atoms with Crippen LogP contribution in [0.2, 0.25) is 5.02 Å². The molecular formula is C13H12ClN5S2. The summed E-state index contributed by atoms with van der Waals surface area (Å²) in [5.41, 5.74) is 1.96. The summed E-state index contributed by atoms with van der Waals surface area (Å²) in [7, 11) is 0. The van der Waals surface area contributed by atoms with Crippen molar-refractivity contribution in [2.75, 3.05) is 5.32 Å². The van der Waals surface area contributed by atoms with E-state index in [0.29, 0.717) is 16.1 Å². The molecule has 2 heterocycles. The Labute approximate surface area is 135 Å². The molecule has 0 fully saturated rings. The van der Waals surface area contributed by atoms with Crippen molar-refractivity contribution in [1.29, 1.82) is 0 Å². The van der Waals surface area contributed by atoms with Crippen LogP contribution in [0.1, 0.15) is 10.7 Å². The number of thioether (sulfide) groups is 1. The number of nitrogens with zero attached hydrogens (tertiary/aromatic N) is 3. The van der Waals surface area contributed by atoms with Crippen LogP contribution in [0.15, 0.2) is 34.8 Å². The number of rotatable bonds is 5. The molecule has 0 atom stereocenters.